The number of nitrogens with zero attached hydrogens (tertiary/aromatic N) is 4. The molecule has 2 aromatic heterocycles. The summed E-state index contributed by atoms with van der Waals surface area (Å²) in [6.45, 7) is 3.16. The van der Waals surface area contributed by atoms with E-state index in [0.717, 1.165) is 17.9 Å². The fraction of sp³-hybridized carbons (Fsp3) is 0.500. The van der Waals surface area contributed by atoms with Crippen molar-refractivity contribution in [1.82, 2.24) is 24.8 Å². The standard InChI is InChI=1S/C24H24ClF6N5O5S2/c1-4-13(24(29,30)31)35-43(39,40)12-6-5-11(14(25)15(12)26)17-16(20(37)36-9-7-23(27,28)8-10-36)32-19(42-17)18-33-34-21(41-18)22(2,3)38/h5-6,13,35,38H,4,7-10H2,1-3H3/t13-/m0/s1. The topological polar surface area (TPSA) is 139 Å². The zero-order valence-corrected chi connectivity index (χ0v) is 25.0. The van der Waals surface area contributed by atoms with Gasteiger partial charge in [0.25, 0.3) is 17.7 Å². The number of alkyl halides is 5. The fourth-order valence-corrected chi connectivity index (χ4v) is 6.80. The van der Waals surface area contributed by atoms with Crippen LogP contribution in [0.2, 0.25) is 5.02 Å². The Labute approximate surface area is 250 Å². The van der Waals surface area contributed by atoms with Crippen LogP contribution >= 0.6 is 22.9 Å². The predicted octanol–water partition coefficient (Wildman–Crippen LogP) is 5.37. The number of aromatic nitrogens is 3. The molecule has 4 rings (SSSR count). The van der Waals surface area contributed by atoms with Crippen molar-refractivity contribution in [3.63, 3.8) is 0 Å². The van der Waals surface area contributed by atoms with Crippen LogP contribution in [-0.2, 0) is 15.6 Å². The molecule has 0 unspecified atom stereocenters. The first-order valence-corrected chi connectivity index (χ1v) is 15.2. The zero-order valence-electron chi connectivity index (χ0n) is 22.6. The highest BCUT2D eigenvalue weighted by molar-refractivity contribution is 7.89. The van der Waals surface area contributed by atoms with Gasteiger partial charge in [0.15, 0.2) is 10.8 Å². The van der Waals surface area contributed by atoms with E-state index >= 15 is 4.39 Å². The smallest absolute Gasteiger partial charge is 0.404 e. The molecule has 1 aliphatic heterocycles. The Hall–Kier alpha value is -2.80. The van der Waals surface area contributed by atoms with Crippen LogP contribution in [0, 0.1) is 5.82 Å². The average molecular weight is 676 g/mol. The minimum Gasteiger partial charge on any atom is -0.415 e. The zero-order chi connectivity index (χ0) is 32.1. The van der Waals surface area contributed by atoms with Gasteiger partial charge in [-0.3, -0.25) is 4.79 Å². The van der Waals surface area contributed by atoms with Crippen molar-refractivity contribution in [2.45, 2.75) is 68.7 Å². The van der Waals surface area contributed by atoms with Crippen LogP contribution in [-0.4, -0.2) is 70.7 Å². The van der Waals surface area contributed by atoms with Gasteiger partial charge in [0.1, 0.15) is 22.2 Å². The number of carbonyl (C=O) groups is 1. The van der Waals surface area contributed by atoms with Gasteiger partial charge < -0.3 is 14.4 Å². The van der Waals surface area contributed by atoms with E-state index in [1.165, 1.54) is 18.6 Å². The number of piperidine rings is 1. The van der Waals surface area contributed by atoms with Crippen molar-refractivity contribution in [2.75, 3.05) is 13.1 Å². The second kappa shape index (κ2) is 11.6. The monoisotopic (exact) mass is 675 g/mol. The minimum absolute atomic E-state index is 0.102. The van der Waals surface area contributed by atoms with Crippen LogP contribution in [0.15, 0.2) is 21.4 Å². The van der Waals surface area contributed by atoms with E-state index in [-0.39, 0.29) is 46.0 Å². The molecular formula is C24H24ClF6N5O5S2. The average Bonchev–Trinajstić information content (AvgIpc) is 3.56. The molecule has 19 heteroatoms. The van der Waals surface area contributed by atoms with Crippen LogP contribution in [0.25, 0.3) is 21.3 Å². The maximum absolute atomic E-state index is 15.4. The Bertz CT molecular complexity index is 1630. The molecule has 1 atom stereocenters. The van der Waals surface area contributed by atoms with Crippen LogP contribution < -0.4 is 4.72 Å². The molecule has 0 spiro atoms. The summed E-state index contributed by atoms with van der Waals surface area (Å²) < 4.78 is 115. The highest BCUT2D eigenvalue weighted by Crippen LogP contribution is 2.42. The Balaban J connectivity index is 1.80. The molecule has 0 bridgehead atoms. The number of amides is 1. The van der Waals surface area contributed by atoms with Crippen molar-refractivity contribution in [3.8, 4) is 21.3 Å². The van der Waals surface area contributed by atoms with Gasteiger partial charge in [-0.05, 0) is 26.3 Å². The molecule has 43 heavy (non-hydrogen) atoms. The summed E-state index contributed by atoms with van der Waals surface area (Å²) in [6, 6.07) is -0.845. The Morgan fingerprint density at radius 3 is 2.40 bits per heavy atom. The van der Waals surface area contributed by atoms with E-state index in [4.69, 9.17) is 16.0 Å². The number of hydrogen-bond acceptors (Lipinski definition) is 9. The van der Waals surface area contributed by atoms with Crippen molar-refractivity contribution >= 4 is 38.9 Å². The third-order valence-electron chi connectivity index (χ3n) is 6.43. The molecule has 1 aromatic carbocycles. The van der Waals surface area contributed by atoms with Gasteiger partial charge in [-0.25, -0.2) is 26.6 Å². The number of nitrogens with one attached hydrogen (secondary N) is 1. The van der Waals surface area contributed by atoms with Gasteiger partial charge in [-0.2, -0.15) is 17.9 Å². The first-order valence-electron chi connectivity index (χ1n) is 12.6. The molecule has 1 saturated heterocycles. The summed E-state index contributed by atoms with van der Waals surface area (Å²) in [7, 11) is -5.06. The lowest BCUT2D eigenvalue weighted by Crippen LogP contribution is -2.45. The van der Waals surface area contributed by atoms with Crippen LogP contribution in [0.5, 0.6) is 0 Å². The third-order valence-corrected chi connectivity index (χ3v) is 9.36. The first-order chi connectivity index (χ1) is 19.7. The molecular weight excluding hydrogens is 652 g/mol. The number of carbonyl (C=O) groups excluding carboxylic acids is 1. The number of hydrogen-bond donors (Lipinski definition) is 2. The van der Waals surface area contributed by atoms with E-state index in [1.807, 2.05) is 0 Å². The van der Waals surface area contributed by atoms with Crippen molar-refractivity contribution in [3.05, 3.63) is 34.6 Å². The summed E-state index contributed by atoms with van der Waals surface area (Å²) in [5, 5.41) is 16.7. The SMILES string of the molecule is CC[C@H](NS(=O)(=O)c1ccc(-c2sc(-c3nnc(C(C)(C)O)o3)nc2C(=O)N2CCC(F)(F)CC2)c(Cl)c1F)C(F)(F)F. The maximum atomic E-state index is 15.4. The number of likely N-dealkylation sites (tertiary alicyclic amines) is 1. The largest absolute Gasteiger partial charge is 0.415 e. The van der Waals surface area contributed by atoms with Crippen molar-refractivity contribution in [1.29, 1.82) is 0 Å². The molecule has 0 saturated carbocycles. The van der Waals surface area contributed by atoms with Gasteiger partial charge >= 0.3 is 6.18 Å². The number of benzene rings is 1. The van der Waals surface area contributed by atoms with Crippen LogP contribution in [0.4, 0.5) is 26.3 Å². The number of aliphatic hydroxyl groups is 1. The normalized spacial score (nSPS) is 16.9. The van der Waals surface area contributed by atoms with Crippen molar-refractivity contribution in [2.24, 2.45) is 0 Å². The second-order valence-corrected chi connectivity index (χ2v) is 13.2. The molecule has 0 aliphatic carbocycles. The summed E-state index contributed by atoms with van der Waals surface area (Å²) in [5.41, 5.74) is -2.20. The van der Waals surface area contributed by atoms with Gasteiger partial charge in [0, 0.05) is 31.5 Å². The summed E-state index contributed by atoms with van der Waals surface area (Å²) in [4.78, 5) is 17.5. The number of rotatable bonds is 8. The molecule has 0 radical (unpaired) electrons. The number of thiazole rings is 1. The first kappa shape index (κ1) is 33.1. The van der Waals surface area contributed by atoms with Crippen LogP contribution in [0.3, 0.4) is 0 Å². The molecule has 1 amide bonds. The lowest BCUT2D eigenvalue weighted by Gasteiger charge is -2.31. The summed E-state index contributed by atoms with van der Waals surface area (Å²) >= 11 is 6.89. The molecule has 1 fully saturated rings. The number of halogens is 7. The fourth-order valence-electron chi connectivity index (χ4n) is 4.03. The van der Waals surface area contributed by atoms with Gasteiger partial charge in [0.05, 0.1) is 9.90 Å². The highest BCUT2D eigenvalue weighted by atomic mass is 35.5. The minimum atomic E-state index is -5.06. The van der Waals surface area contributed by atoms with Gasteiger partial charge in [-0.1, -0.05) is 24.6 Å². The predicted molar refractivity (Wildman–Crippen MR) is 142 cm³/mol. The second-order valence-electron chi connectivity index (χ2n) is 10.2. The molecule has 1 aliphatic rings. The highest BCUT2D eigenvalue weighted by Gasteiger charge is 2.42. The van der Waals surface area contributed by atoms with E-state index in [0.29, 0.717) is 17.4 Å². The molecule has 236 valence electrons. The van der Waals surface area contributed by atoms with Crippen LogP contribution in [0.1, 0.15) is 56.4 Å². The Kier molecular flexibility index (Phi) is 8.94. The van der Waals surface area contributed by atoms with Gasteiger partial charge in [0.2, 0.25) is 15.9 Å². The molecule has 3 heterocycles. The Morgan fingerprint density at radius 2 is 1.86 bits per heavy atom. The van der Waals surface area contributed by atoms with E-state index in [9.17, 15) is 40.3 Å². The van der Waals surface area contributed by atoms with Gasteiger partial charge in [-0.15, -0.1) is 21.5 Å². The molecule has 10 nitrogen and oxygen atoms in total. The lowest BCUT2D eigenvalue weighted by atomic mass is 10.1. The third kappa shape index (κ3) is 6.97. The van der Waals surface area contributed by atoms with E-state index in [1.54, 1.807) is 0 Å². The lowest BCUT2D eigenvalue weighted by molar-refractivity contribution is -0.151. The van der Waals surface area contributed by atoms with E-state index in [2.05, 4.69) is 15.2 Å². The number of sulfonamides is 1. The summed E-state index contributed by atoms with van der Waals surface area (Å²) in [6.07, 6.45) is -6.85. The maximum Gasteiger partial charge on any atom is 0.404 e. The van der Waals surface area contributed by atoms with Crippen molar-refractivity contribution < 1.29 is 49.1 Å². The Morgan fingerprint density at radius 1 is 1.23 bits per heavy atom. The molecule has 3 aromatic rings. The summed E-state index contributed by atoms with van der Waals surface area (Å²) in [5.74, 6) is -5.88. The quantitative estimate of drug-likeness (QED) is 0.304. The van der Waals surface area contributed by atoms with E-state index < -0.39 is 74.7 Å². The molecule has 2 N–H and O–H groups in total.